The Bertz CT molecular complexity index is 1640. The number of carbonyl (C=O) groups excluding carboxylic acids is 1. The Kier molecular flexibility index (Phi) is 8.15. The number of non-ortho nitro benzene ring substituents is 1. The van der Waals surface area contributed by atoms with Crippen LogP contribution in [-0.2, 0) is 16.1 Å². The van der Waals surface area contributed by atoms with Gasteiger partial charge >= 0.3 is 5.97 Å². The van der Waals surface area contributed by atoms with Gasteiger partial charge in [-0.25, -0.2) is 9.78 Å². The van der Waals surface area contributed by atoms with E-state index < -0.39 is 16.8 Å². The van der Waals surface area contributed by atoms with Gasteiger partial charge in [0.25, 0.3) is 5.69 Å². The predicted molar refractivity (Wildman–Crippen MR) is 156 cm³/mol. The molecule has 1 aliphatic heterocycles. The van der Waals surface area contributed by atoms with Crippen LogP contribution in [0.25, 0.3) is 11.6 Å². The molecule has 0 radical (unpaired) electrons. The van der Waals surface area contributed by atoms with Crippen LogP contribution in [0.15, 0.2) is 115 Å². The first-order valence-corrected chi connectivity index (χ1v) is 13.1. The molecule has 0 saturated heterocycles. The van der Waals surface area contributed by atoms with Crippen LogP contribution in [0.4, 0.5) is 5.69 Å². The van der Waals surface area contributed by atoms with Crippen LogP contribution in [0.1, 0.15) is 42.0 Å². The lowest BCUT2D eigenvalue weighted by atomic mass is 9.78. The third-order valence-electron chi connectivity index (χ3n) is 6.89. The van der Waals surface area contributed by atoms with Gasteiger partial charge in [0.2, 0.25) is 0 Å². The summed E-state index contributed by atoms with van der Waals surface area (Å²) < 4.78 is 7.71. The summed E-state index contributed by atoms with van der Waals surface area (Å²) in [6, 6.07) is 18.2. The Hall–Kier alpha value is -5.31. The van der Waals surface area contributed by atoms with Crippen molar-refractivity contribution in [1.82, 2.24) is 19.9 Å². The van der Waals surface area contributed by atoms with E-state index in [-0.39, 0.29) is 12.3 Å². The quantitative estimate of drug-likeness (QED) is 0.158. The van der Waals surface area contributed by atoms with Crippen molar-refractivity contribution in [1.29, 1.82) is 0 Å². The molecule has 0 aliphatic carbocycles. The molecule has 1 aliphatic rings. The molecule has 2 aromatic heterocycles. The number of esters is 1. The van der Waals surface area contributed by atoms with Crippen molar-refractivity contribution in [3.8, 4) is 0 Å². The molecule has 3 heterocycles. The average molecular weight is 548 g/mol. The van der Waals surface area contributed by atoms with Gasteiger partial charge in [0.05, 0.1) is 16.8 Å². The summed E-state index contributed by atoms with van der Waals surface area (Å²) >= 11 is 0. The van der Waals surface area contributed by atoms with Gasteiger partial charge in [-0.3, -0.25) is 15.1 Å². The van der Waals surface area contributed by atoms with Gasteiger partial charge in [0.1, 0.15) is 6.61 Å². The molecule has 9 heteroatoms. The van der Waals surface area contributed by atoms with Gasteiger partial charge in [-0.15, -0.1) is 0 Å². The molecule has 1 N–H and O–H groups in total. The smallest absolute Gasteiger partial charge is 0.337 e. The van der Waals surface area contributed by atoms with Crippen molar-refractivity contribution in [3.05, 3.63) is 147 Å². The largest absolute Gasteiger partial charge is 0.458 e. The molecule has 206 valence electrons. The Balaban J connectivity index is 1.36. The molecule has 41 heavy (non-hydrogen) atoms. The number of hydrogen-bond acceptors (Lipinski definition) is 7. The maximum atomic E-state index is 13.6. The fourth-order valence-corrected chi connectivity index (χ4v) is 5.03. The van der Waals surface area contributed by atoms with Gasteiger partial charge in [-0.2, -0.15) is 0 Å². The number of hydrogen-bond donors (Lipinski definition) is 1. The number of allylic oxidation sites excluding steroid dienone is 3. The molecule has 2 aromatic carbocycles. The molecule has 0 saturated carbocycles. The second-order valence-corrected chi connectivity index (χ2v) is 9.71. The number of aromatic nitrogens is 3. The zero-order valence-electron chi connectivity index (χ0n) is 22.7. The van der Waals surface area contributed by atoms with Gasteiger partial charge in [0, 0.05) is 60.8 Å². The molecule has 4 aromatic rings. The zero-order chi connectivity index (χ0) is 28.8. The lowest BCUT2D eigenvalue weighted by Gasteiger charge is -2.31. The maximum absolute atomic E-state index is 13.6. The molecule has 0 bridgehead atoms. The van der Waals surface area contributed by atoms with Gasteiger partial charge in [-0.05, 0) is 53.8 Å². The second-order valence-electron chi connectivity index (χ2n) is 9.71. The van der Waals surface area contributed by atoms with E-state index in [1.807, 2.05) is 67.1 Å². The monoisotopic (exact) mass is 547 g/mol. The minimum absolute atomic E-state index is 0.0476. The van der Waals surface area contributed by atoms with Crippen LogP contribution in [0.5, 0.6) is 0 Å². The summed E-state index contributed by atoms with van der Waals surface area (Å²) in [7, 11) is 0. The molecular weight excluding hydrogens is 518 g/mol. The van der Waals surface area contributed by atoms with E-state index in [1.165, 1.54) is 12.1 Å². The lowest BCUT2D eigenvalue weighted by molar-refractivity contribution is -0.384. The second kappa shape index (κ2) is 12.3. The number of pyridine rings is 1. The standard InChI is InChI=1S/C32H29N5O4/c1-22-29(27-8-4-14-33-19-27)31(26-7-3-9-28(18-26)37(39)40)30(23(2)35-22)32(38)41-17-5-6-24-10-12-25(13-11-24)20-36-16-15-34-21-36/h3-16,18-19,21,31,35H,17,20H2,1-2H3/b6-5+. The van der Waals surface area contributed by atoms with Gasteiger partial charge < -0.3 is 14.6 Å². The highest BCUT2D eigenvalue weighted by Gasteiger charge is 2.35. The van der Waals surface area contributed by atoms with Crippen LogP contribution >= 0.6 is 0 Å². The number of nitro groups is 1. The van der Waals surface area contributed by atoms with E-state index >= 15 is 0 Å². The van der Waals surface area contributed by atoms with Gasteiger partial charge in [0.15, 0.2) is 0 Å². The molecular formula is C32H29N5O4. The average Bonchev–Trinajstić information content (AvgIpc) is 3.49. The van der Waals surface area contributed by atoms with Crippen molar-refractivity contribution in [2.24, 2.45) is 0 Å². The lowest BCUT2D eigenvalue weighted by Crippen LogP contribution is -2.28. The van der Waals surface area contributed by atoms with Crippen molar-refractivity contribution in [2.45, 2.75) is 26.3 Å². The van der Waals surface area contributed by atoms with Crippen molar-refractivity contribution < 1.29 is 14.5 Å². The summed E-state index contributed by atoms with van der Waals surface area (Å²) in [6.45, 7) is 4.54. The number of nitrogens with zero attached hydrogens (tertiary/aromatic N) is 4. The van der Waals surface area contributed by atoms with Crippen LogP contribution < -0.4 is 5.32 Å². The molecule has 0 spiro atoms. The number of dihydropyridines is 1. The van der Waals surface area contributed by atoms with E-state index in [9.17, 15) is 14.9 Å². The molecule has 0 amide bonds. The highest BCUT2D eigenvalue weighted by molar-refractivity contribution is 5.97. The molecule has 1 unspecified atom stereocenters. The number of imidazole rings is 1. The van der Waals surface area contributed by atoms with Crippen LogP contribution in [0, 0.1) is 10.1 Å². The van der Waals surface area contributed by atoms with Gasteiger partial charge in [-0.1, -0.05) is 48.5 Å². The maximum Gasteiger partial charge on any atom is 0.337 e. The summed E-state index contributed by atoms with van der Waals surface area (Å²) in [6.07, 6.45) is 12.5. The minimum atomic E-state index is -0.583. The van der Waals surface area contributed by atoms with E-state index in [2.05, 4.69) is 15.3 Å². The zero-order valence-corrected chi connectivity index (χ0v) is 22.7. The Labute approximate surface area is 237 Å². The number of carbonyl (C=O) groups is 1. The first kappa shape index (κ1) is 27.3. The normalized spacial score (nSPS) is 15.2. The Morgan fingerprint density at radius 2 is 1.90 bits per heavy atom. The molecule has 9 nitrogen and oxygen atoms in total. The van der Waals surface area contributed by atoms with Crippen molar-refractivity contribution in [3.63, 3.8) is 0 Å². The van der Waals surface area contributed by atoms with Crippen LogP contribution in [-0.4, -0.2) is 32.0 Å². The van der Waals surface area contributed by atoms with E-state index in [4.69, 9.17) is 4.74 Å². The van der Waals surface area contributed by atoms with E-state index in [0.717, 1.165) is 34.5 Å². The number of rotatable bonds is 9. The fraction of sp³-hybridized carbons (Fsp3) is 0.156. The van der Waals surface area contributed by atoms with Crippen LogP contribution in [0.3, 0.4) is 0 Å². The highest BCUT2D eigenvalue weighted by atomic mass is 16.6. The molecule has 5 rings (SSSR count). The fourth-order valence-electron chi connectivity index (χ4n) is 5.03. The predicted octanol–water partition coefficient (Wildman–Crippen LogP) is 5.88. The summed E-state index contributed by atoms with van der Waals surface area (Å²) in [5, 5.41) is 14.9. The first-order valence-electron chi connectivity index (χ1n) is 13.1. The summed E-state index contributed by atoms with van der Waals surface area (Å²) in [4.78, 5) is 33.0. The third kappa shape index (κ3) is 6.30. The minimum Gasteiger partial charge on any atom is -0.458 e. The highest BCUT2D eigenvalue weighted by Crippen LogP contribution is 2.44. The molecule has 1 atom stereocenters. The first-order chi connectivity index (χ1) is 19.9. The number of ether oxygens (including phenoxy) is 1. The molecule has 0 fully saturated rings. The number of benzene rings is 2. The number of nitrogens with one attached hydrogen (secondary N) is 1. The Morgan fingerprint density at radius 3 is 2.61 bits per heavy atom. The van der Waals surface area contributed by atoms with E-state index in [0.29, 0.717) is 16.8 Å². The van der Waals surface area contributed by atoms with Crippen molar-refractivity contribution >= 4 is 23.3 Å². The summed E-state index contributed by atoms with van der Waals surface area (Å²) in [5.74, 6) is -1.08. The SMILES string of the molecule is CC1=C(C(=O)OC/C=C/c2ccc(Cn3ccnc3)cc2)C(c2cccc([N+](=O)[O-])c2)C(c2cccnc2)=C(C)N1. The number of nitro benzene ring substituents is 1. The Morgan fingerprint density at radius 1 is 1.07 bits per heavy atom. The van der Waals surface area contributed by atoms with Crippen molar-refractivity contribution in [2.75, 3.05) is 6.61 Å². The topological polar surface area (TPSA) is 112 Å². The van der Waals surface area contributed by atoms with E-state index in [1.54, 1.807) is 43.1 Å². The summed E-state index contributed by atoms with van der Waals surface area (Å²) in [5.41, 5.74) is 6.19. The third-order valence-corrected chi connectivity index (χ3v) is 6.89. The van der Waals surface area contributed by atoms with Crippen LogP contribution in [0.2, 0.25) is 0 Å².